The lowest BCUT2D eigenvalue weighted by Crippen LogP contribution is -2.54. The number of amides is 1. The van der Waals surface area contributed by atoms with Gasteiger partial charge in [0, 0.05) is 54.2 Å². The molecule has 40 heavy (non-hydrogen) atoms. The fraction of sp³-hybridized carbons (Fsp3) is 0.355. The van der Waals surface area contributed by atoms with Crippen LogP contribution in [0.25, 0.3) is 22.5 Å². The Kier molecular flexibility index (Phi) is 7.72. The highest BCUT2D eigenvalue weighted by molar-refractivity contribution is 5.94. The lowest BCUT2D eigenvalue weighted by Gasteiger charge is -2.40. The number of aromatic nitrogens is 3. The maximum Gasteiger partial charge on any atom is 0.248 e. The average Bonchev–Trinajstić information content (AvgIpc) is 3.54. The van der Waals surface area contributed by atoms with Crippen molar-refractivity contribution < 1.29 is 9.32 Å². The molecule has 2 aromatic carbocycles. The van der Waals surface area contributed by atoms with Crippen molar-refractivity contribution in [2.45, 2.75) is 56.7 Å². The van der Waals surface area contributed by atoms with Crippen LogP contribution in [0.1, 0.15) is 48.9 Å². The molecule has 0 radical (unpaired) electrons. The summed E-state index contributed by atoms with van der Waals surface area (Å²) >= 11 is 0. The highest BCUT2D eigenvalue weighted by atomic mass is 16.5. The van der Waals surface area contributed by atoms with E-state index in [0.29, 0.717) is 29.5 Å². The molecule has 3 atom stereocenters. The zero-order valence-corrected chi connectivity index (χ0v) is 22.5. The third kappa shape index (κ3) is 5.99. The topological polar surface area (TPSA) is 122 Å². The highest BCUT2D eigenvalue weighted by Gasteiger charge is 2.29. The van der Waals surface area contributed by atoms with Crippen LogP contribution in [0.3, 0.4) is 0 Å². The standard InChI is InChI=1S/C31H35N7O2/c32-30(39)24-6-3-5-22(17-24)23-14-15-33-29(18-23)36-28-9-2-1-8-27(28)35-25-7-4-16-38(19-25)26-12-10-21(11-13-26)31-34-20-40-37-31/h3,5-6,10-15,17-18,20,25,27-28,35H,1-2,4,7-9,16,19H2,(H2,32,39)(H,33,36)/t25-,27+,28+/m0/s1. The van der Waals surface area contributed by atoms with Crippen molar-refractivity contribution in [3.05, 3.63) is 78.8 Å². The van der Waals surface area contributed by atoms with Gasteiger partial charge in [0.2, 0.25) is 18.1 Å². The molecular formula is C31H35N7O2. The van der Waals surface area contributed by atoms with Crippen LogP contribution in [0.15, 0.2) is 77.8 Å². The molecule has 206 valence electrons. The second-order valence-corrected chi connectivity index (χ2v) is 10.8. The fourth-order valence-electron chi connectivity index (χ4n) is 6.00. The first-order valence-electron chi connectivity index (χ1n) is 14.1. The molecule has 1 amide bonds. The van der Waals surface area contributed by atoms with Gasteiger partial charge in [-0.1, -0.05) is 30.1 Å². The number of nitrogens with two attached hydrogens (primary N) is 1. The number of pyridine rings is 1. The summed E-state index contributed by atoms with van der Waals surface area (Å²) in [6, 6.07) is 21.0. The summed E-state index contributed by atoms with van der Waals surface area (Å²) in [5.41, 5.74) is 10.1. The van der Waals surface area contributed by atoms with E-state index in [1.807, 2.05) is 30.5 Å². The van der Waals surface area contributed by atoms with Crippen molar-refractivity contribution >= 4 is 17.4 Å². The largest absolute Gasteiger partial charge is 0.370 e. The minimum absolute atomic E-state index is 0.304. The first-order valence-corrected chi connectivity index (χ1v) is 14.1. The van der Waals surface area contributed by atoms with E-state index in [2.05, 4.69) is 61.0 Å². The van der Waals surface area contributed by atoms with Crippen LogP contribution in [0.2, 0.25) is 0 Å². The minimum Gasteiger partial charge on any atom is -0.370 e. The molecule has 9 nitrogen and oxygen atoms in total. The molecule has 1 saturated carbocycles. The van der Waals surface area contributed by atoms with Crippen molar-refractivity contribution in [2.75, 3.05) is 23.3 Å². The summed E-state index contributed by atoms with van der Waals surface area (Å²) in [5, 5.41) is 11.7. The molecule has 2 aromatic heterocycles. The number of anilines is 2. The normalized spacial score (nSPS) is 21.2. The molecule has 0 spiro atoms. The molecule has 6 rings (SSSR count). The molecule has 0 bridgehead atoms. The van der Waals surface area contributed by atoms with Gasteiger partial charge >= 0.3 is 0 Å². The minimum atomic E-state index is -0.424. The predicted molar refractivity (Wildman–Crippen MR) is 156 cm³/mol. The van der Waals surface area contributed by atoms with E-state index < -0.39 is 5.91 Å². The fourth-order valence-corrected chi connectivity index (χ4v) is 6.00. The lowest BCUT2D eigenvalue weighted by atomic mass is 9.89. The zero-order valence-electron chi connectivity index (χ0n) is 22.5. The quantitative estimate of drug-likeness (QED) is 0.291. The smallest absolute Gasteiger partial charge is 0.248 e. The summed E-state index contributed by atoms with van der Waals surface area (Å²) in [5.74, 6) is 1.04. The van der Waals surface area contributed by atoms with Crippen molar-refractivity contribution in [1.82, 2.24) is 20.4 Å². The Bertz CT molecular complexity index is 1420. The Morgan fingerprint density at radius 3 is 2.52 bits per heavy atom. The number of piperidine rings is 1. The van der Waals surface area contributed by atoms with Gasteiger partial charge in [0.25, 0.3) is 0 Å². The Balaban J connectivity index is 1.11. The van der Waals surface area contributed by atoms with Gasteiger partial charge in [-0.05, 0) is 85.3 Å². The van der Waals surface area contributed by atoms with Gasteiger partial charge in [-0.25, -0.2) is 4.98 Å². The van der Waals surface area contributed by atoms with Crippen LogP contribution >= 0.6 is 0 Å². The van der Waals surface area contributed by atoms with Crippen LogP contribution in [-0.4, -0.2) is 52.2 Å². The molecule has 1 aliphatic heterocycles. The van der Waals surface area contributed by atoms with E-state index >= 15 is 0 Å². The lowest BCUT2D eigenvalue weighted by molar-refractivity contribution is 0.100. The molecule has 4 aromatic rings. The van der Waals surface area contributed by atoms with Crippen LogP contribution < -0.4 is 21.3 Å². The Labute approximate surface area is 234 Å². The van der Waals surface area contributed by atoms with E-state index in [-0.39, 0.29) is 0 Å². The van der Waals surface area contributed by atoms with E-state index in [1.54, 1.807) is 6.07 Å². The number of nitrogens with zero attached hydrogens (tertiary/aromatic N) is 4. The maximum atomic E-state index is 11.7. The molecule has 1 saturated heterocycles. The SMILES string of the molecule is NC(=O)c1cccc(-c2ccnc(N[C@@H]3CCCC[C@H]3N[C@H]3CCCN(c4ccc(-c5ncon5)cc4)C3)c2)c1. The number of benzene rings is 2. The molecule has 2 fully saturated rings. The van der Waals surface area contributed by atoms with E-state index in [4.69, 9.17) is 10.3 Å². The van der Waals surface area contributed by atoms with Crippen LogP contribution in [0.5, 0.6) is 0 Å². The molecular weight excluding hydrogens is 502 g/mol. The second-order valence-electron chi connectivity index (χ2n) is 10.8. The number of rotatable bonds is 8. The van der Waals surface area contributed by atoms with E-state index in [1.165, 1.54) is 31.3 Å². The highest BCUT2D eigenvalue weighted by Crippen LogP contribution is 2.28. The Hall–Kier alpha value is -4.24. The van der Waals surface area contributed by atoms with Gasteiger partial charge in [0.05, 0.1) is 0 Å². The Morgan fingerprint density at radius 1 is 0.900 bits per heavy atom. The summed E-state index contributed by atoms with van der Waals surface area (Å²) in [6.45, 7) is 2.04. The first kappa shape index (κ1) is 26.0. The third-order valence-electron chi connectivity index (χ3n) is 8.06. The number of carbonyl (C=O) groups is 1. The van der Waals surface area contributed by atoms with E-state index in [9.17, 15) is 4.79 Å². The molecule has 1 aliphatic carbocycles. The first-order chi connectivity index (χ1) is 19.6. The van der Waals surface area contributed by atoms with Gasteiger partial charge in [-0.3, -0.25) is 4.79 Å². The number of hydrogen-bond acceptors (Lipinski definition) is 8. The number of hydrogen-bond donors (Lipinski definition) is 3. The van der Waals surface area contributed by atoms with Gasteiger partial charge < -0.3 is 25.8 Å². The van der Waals surface area contributed by atoms with Crippen LogP contribution in [0, 0.1) is 0 Å². The van der Waals surface area contributed by atoms with Gasteiger partial charge in [0.1, 0.15) is 5.82 Å². The van der Waals surface area contributed by atoms with Gasteiger partial charge in [-0.15, -0.1) is 0 Å². The van der Waals surface area contributed by atoms with Crippen LogP contribution in [0.4, 0.5) is 11.5 Å². The van der Waals surface area contributed by atoms with Crippen LogP contribution in [-0.2, 0) is 0 Å². The van der Waals surface area contributed by atoms with Crippen molar-refractivity contribution in [3.8, 4) is 22.5 Å². The summed E-state index contributed by atoms with van der Waals surface area (Å²) in [6.07, 6.45) is 10.2. The van der Waals surface area contributed by atoms with Crippen molar-refractivity contribution in [2.24, 2.45) is 5.73 Å². The summed E-state index contributed by atoms with van der Waals surface area (Å²) in [4.78, 5) is 22.9. The number of carbonyl (C=O) groups excluding carboxylic acids is 1. The number of nitrogens with one attached hydrogen (secondary N) is 2. The van der Waals surface area contributed by atoms with Crippen molar-refractivity contribution in [3.63, 3.8) is 0 Å². The molecule has 3 heterocycles. The monoisotopic (exact) mass is 537 g/mol. The predicted octanol–water partition coefficient (Wildman–Crippen LogP) is 4.88. The molecule has 9 heteroatoms. The molecule has 4 N–H and O–H groups in total. The summed E-state index contributed by atoms with van der Waals surface area (Å²) < 4.78 is 4.88. The maximum absolute atomic E-state index is 11.7. The van der Waals surface area contributed by atoms with Gasteiger partial charge in [0.15, 0.2) is 0 Å². The van der Waals surface area contributed by atoms with E-state index in [0.717, 1.165) is 54.9 Å². The summed E-state index contributed by atoms with van der Waals surface area (Å²) in [7, 11) is 0. The van der Waals surface area contributed by atoms with Gasteiger partial charge in [-0.2, -0.15) is 4.98 Å². The second kappa shape index (κ2) is 11.9. The third-order valence-corrected chi connectivity index (χ3v) is 8.06. The Morgan fingerprint density at radius 2 is 1.73 bits per heavy atom. The molecule has 0 unspecified atom stereocenters. The average molecular weight is 538 g/mol. The zero-order chi connectivity index (χ0) is 27.3. The molecule has 2 aliphatic rings. The number of primary amides is 1. The van der Waals surface area contributed by atoms with Crippen molar-refractivity contribution in [1.29, 1.82) is 0 Å².